The monoisotopic (exact) mass is 235 g/mol. The number of benzene rings is 1. The van der Waals surface area contributed by atoms with Gasteiger partial charge in [0.25, 0.3) is 0 Å². The minimum atomic E-state index is 0.142. The molecule has 0 aliphatic carbocycles. The molecule has 94 valence electrons. The smallest absolute Gasteiger partial charge is 0.127 e. The average Bonchev–Trinajstić information content (AvgIpc) is 2.35. The van der Waals surface area contributed by atoms with E-state index >= 15 is 0 Å². The van der Waals surface area contributed by atoms with Gasteiger partial charge in [0.15, 0.2) is 0 Å². The Balaban J connectivity index is 2.11. The molecule has 1 aromatic carbocycles. The highest BCUT2D eigenvalue weighted by Crippen LogP contribution is 2.24. The molecule has 0 unspecified atom stereocenters. The summed E-state index contributed by atoms with van der Waals surface area (Å²) in [5.41, 5.74) is 2.49. The number of rotatable bonds is 3. The summed E-state index contributed by atoms with van der Waals surface area (Å²) < 4.78 is 11.6. The van der Waals surface area contributed by atoms with Gasteiger partial charge in [-0.3, -0.25) is 0 Å². The topological polar surface area (TPSA) is 30.5 Å². The third kappa shape index (κ3) is 2.79. The quantitative estimate of drug-likeness (QED) is 0.870. The van der Waals surface area contributed by atoms with Crippen LogP contribution in [0.3, 0.4) is 0 Å². The second kappa shape index (κ2) is 5.52. The van der Waals surface area contributed by atoms with E-state index < -0.39 is 0 Å². The molecular formula is C14H21NO2. The fourth-order valence-corrected chi connectivity index (χ4v) is 2.19. The van der Waals surface area contributed by atoms with Crippen LogP contribution in [0.1, 0.15) is 17.5 Å². The maximum Gasteiger partial charge on any atom is 0.127 e. The fourth-order valence-electron chi connectivity index (χ4n) is 2.19. The van der Waals surface area contributed by atoms with E-state index in [4.69, 9.17) is 9.47 Å². The SMILES string of the molecule is CO[C@H]1CNCC[C@H]1Oc1cccc(C)c1C. The maximum atomic E-state index is 6.11. The second-order valence-corrected chi connectivity index (χ2v) is 4.62. The molecule has 0 saturated carbocycles. The number of nitrogens with one attached hydrogen (secondary N) is 1. The van der Waals surface area contributed by atoms with Crippen molar-refractivity contribution in [3.05, 3.63) is 29.3 Å². The molecule has 3 nitrogen and oxygen atoms in total. The Morgan fingerprint density at radius 2 is 2.06 bits per heavy atom. The largest absolute Gasteiger partial charge is 0.487 e. The van der Waals surface area contributed by atoms with Crippen LogP contribution in [0.15, 0.2) is 18.2 Å². The van der Waals surface area contributed by atoms with E-state index in [2.05, 4.69) is 25.2 Å². The lowest BCUT2D eigenvalue weighted by Gasteiger charge is -2.32. The van der Waals surface area contributed by atoms with Crippen molar-refractivity contribution in [2.45, 2.75) is 32.5 Å². The van der Waals surface area contributed by atoms with Gasteiger partial charge < -0.3 is 14.8 Å². The summed E-state index contributed by atoms with van der Waals surface area (Å²) in [4.78, 5) is 0. The average molecular weight is 235 g/mol. The lowest BCUT2D eigenvalue weighted by Crippen LogP contribution is -2.47. The van der Waals surface area contributed by atoms with E-state index in [1.165, 1.54) is 11.1 Å². The molecule has 2 atom stereocenters. The minimum absolute atomic E-state index is 0.142. The summed E-state index contributed by atoms with van der Waals surface area (Å²) in [5.74, 6) is 0.985. The van der Waals surface area contributed by atoms with Gasteiger partial charge in [0.2, 0.25) is 0 Å². The zero-order valence-corrected chi connectivity index (χ0v) is 10.8. The van der Waals surface area contributed by atoms with Crippen molar-refractivity contribution in [3.8, 4) is 5.75 Å². The fraction of sp³-hybridized carbons (Fsp3) is 0.571. The zero-order chi connectivity index (χ0) is 12.3. The summed E-state index contributed by atoms with van der Waals surface area (Å²) in [5, 5.41) is 3.32. The molecule has 0 bridgehead atoms. The molecule has 1 aromatic rings. The van der Waals surface area contributed by atoms with Crippen LogP contribution >= 0.6 is 0 Å². The molecule has 1 fully saturated rings. The van der Waals surface area contributed by atoms with Crippen molar-refractivity contribution < 1.29 is 9.47 Å². The highest BCUT2D eigenvalue weighted by atomic mass is 16.5. The molecule has 1 aliphatic rings. The molecular weight excluding hydrogens is 214 g/mol. The Kier molecular flexibility index (Phi) is 4.02. The molecule has 0 spiro atoms. The van der Waals surface area contributed by atoms with Gasteiger partial charge in [-0.15, -0.1) is 0 Å². The molecule has 1 N–H and O–H groups in total. The van der Waals surface area contributed by atoms with Crippen LogP contribution in [0, 0.1) is 13.8 Å². The molecule has 3 heteroatoms. The van der Waals surface area contributed by atoms with Crippen LogP contribution in [0.25, 0.3) is 0 Å². The van der Waals surface area contributed by atoms with Crippen molar-refractivity contribution in [2.75, 3.05) is 20.2 Å². The van der Waals surface area contributed by atoms with Gasteiger partial charge in [-0.25, -0.2) is 0 Å². The van der Waals surface area contributed by atoms with Crippen LogP contribution in [-0.4, -0.2) is 32.4 Å². The highest BCUT2D eigenvalue weighted by molar-refractivity contribution is 5.38. The summed E-state index contributed by atoms with van der Waals surface area (Å²) in [6.07, 6.45) is 1.29. The second-order valence-electron chi connectivity index (χ2n) is 4.62. The van der Waals surface area contributed by atoms with Gasteiger partial charge in [-0.1, -0.05) is 12.1 Å². The van der Waals surface area contributed by atoms with Crippen molar-refractivity contribution in [1.29, 1.82) is 0 Å². The summed E-state index contributed by atoms with van der Waals surface area (Å²) in [7, 11) is 1.75. The van der Waals surface area contributed by atoms with Crippen LogP contribution in [0.2, 0.25) is 0 Å². The first kappa shape index (κ1) is 12.4. The van der Waals surface area contributed by atoms with Gasteiger partial charge in [-0.05, 0) is 44.0 Å². The van der Waals surface area contributed by atoms with Gasteiger partial charge in [0.1, 0.15) is 18.0 Å². The lowest BCUT2D eigenvalue weighted by molar-refractivity contribution is -0.0144. The van der Waals surface area contributed by atoms with E-state index in [1.807, 2.05) is 12.1 Å². The first-order valence-corrected chi connectivity index (χ1v) is 6.18. The van der Waals surface area contributed by atoms with Gasteiger partial charge >= 0.3 is 0 Å². The molecule has 0 amide bonds. The third-order valence-electron chi connectivity index (χ3n) is 3.50. The Morgan fingerprint density at radius 3 is 2.82 bits per heavy atom. The molecule has 1 heterocycles. The van der Waals surface area contributed by atoms with Crippen molar-refractivity contribution in [1.82, 2.24) is 5.32 Å². The molecule has 0 radical (unpaired) electrons. The van der Waals surface area contributed by atoms with Crippen LogP contribution < -0.4 is 10.1 Å². The Labute approximate surface area is 103 Å². The predicted octanol–water partition coefficient (Wildman–Crippen LogP) is 2.06. The van der Waals surface area contributed by atoms with E-state index in [9.17, 15) is 0 Å². The number of hydrogen-bond acceptors (Lipinski definition) is 3. The Morgan fingerprint density at radius 1 is 1.24 bits per heavy atom. The standard InChI is InChI=1S/C14H21NO2/c1-10-5-4-6-12(11(10)2)17-13-7-8-15-9-14(13)16-3/h4-6,13-15H,7-9H2,1-3H3/t13-,14+/m1/s1. The third-order valence-corrected chi connectivity index (χ3v) is 3.50. The summed E-state index contributed by atoms with van der Waals surface area (Å²) in [6.45, 7) is 6.08. The predicted molar refractivity (Wildman–Crippen MR) is 68.6 cm³/mol. The van der Waals surface area contributed by atoms with Gasteiger partial charge in [0.05, 0.1) is 0 Å². The zero-order valence-electron chi connectivity index (χ0n) is 10.8. The normalized spacial score (nSPS) is 24.6. The van der Waals surface area contributed by atoms with Gasteiger partial charge in [-0.2, -0.15) is 0 Å². The number of hydrogen-bond donors (Lipinski definition) is 1. The number of aryl methyl sites for hydroxylation is 1. The van der Waals surface area contributed by atoms with Crippen LogP contribution in [0.4, 0.5) is 0 Å². The first-order chi connectivity index (χ1) is 8.22. The number of methoxy groups -OCH3 is 1. The minimum Gasteiger partial charge on any atom is -0.487 e. The number of piperidine rings is 1. The Hall–Kier alpha value is -1.06. The summed E-state index contributed by atoms with van der Waals surface area (Å²) in [6, 6.07) is 6.19. The van der Waals surface area contributed by atoms with E-state index in [1.54, 1.807) is 7.11 Å². The highest BCUT2D eigenvalue weighted by Gasteiger charge is 2.26. The molecule has 2 rings (SSSR count). The molecule has 0 aromatic heterocycles. The lowest BCUT2D eigenvalue weighted by atomic mass is 10.1. The van der Waals surface area contributed by atoms with Crippen molar-refractivity contribution >= 4 is 0 Å². The van der Waals surface area contributed by atoms with E-state index in [0.29, 0.717) is 0 Å². The van der Waals surface area contributed by atoms with Crippen LogP contribution in [-0.2, 0) is 4.74 Å². The van der Waals surface area contributed by atoms with E-state index in [0.717, 1.165) is 25.3 Å². The first-order valence-electron chi connectivity index (χ1n) is 6.18. The molecule has 1 saturated heterocycles. The van der Waals surface area contributed by atoms with Crippen molar-refractivity contribution in [2.24, 2.45) is 0 Å². The van der Waals surface area contributed by atoms with E-state index in [-0.39, 0.29) is 12.2 Å². The molecule has 1 aliphatic heterocycles. The molecule has 17 heavy (non-hydrogen) atoms. The van der Waals surface area contributed by atoms with Crippen LogP contribution in [0.5, 0.6) is 5.75 Å². The van der Waals surface area contributed by atoms with Crippen molar-refractivity contribution in [3.63, 3.8) is 0 Å². The maximum absolute atomic E-state index is 6.11. The van der Waals surface area contributed by atoms with Gasteiger partial charge in [0, 0.05) is 13.7 Å². The number of ether oxygens (including phenoxy) is 2. The Bertz CT molecular complexity index is 378. The summed E-state index contributed by atoms with van der Waals surface area (Å²) >= 11 is 0.